The fraction of sp³-hybridized carbons (Fsp3) is 0.0189. The number of nitrogen functional groups attached to an aromatic ring is 2. The molecule has 0 saturated heterocycles. The Bertz CT molecular complexity index is 2770. The number of ether oxygens (including phenoxy) is 2. The van der Waals surface area contributed by atoms with E-state index in [1.165, 1.54) is 12.1 Å². The molecule has 0 saturated carbocycles. The number of hydrogen-bond donors (Lipinski definition) is 4. The van der Waals surface area contributed by atoms with Crippen molar-refractivity contribution in [3.63, 3.8) is 0 Å². The van der Waals surface area contributed by atoms with Gasteiger partial charge in [-0.05, 0) is 130 Å². The van der Waals surface area contributed by atoms with Crippen LogP contribution < -0.4 is 20.9 Å². The van der Waals surface area contributed by atoms with Gasteiger partial charge >= 0.3 is 0 Å². The third kappa shape index (κ3) is 7.15. The van der Waals surface area contributed by atoms with Gasteiger partial charge in [-0.15, -0.1) is 0 Å². The summed E-state index contributed by atoms with van der Waals surface area (Å²) in [6.45, 7) is 0. The first kappa shape index (κ1) is 36.3. The molecule has 8 aromatic carbocycles. The Hall–Kier alpha value is -8.32. The van der Waals surface area contributed by atoms with E-state index in [2.05, 4.69) is 84.3 Å². The summed E-state index contributed by atoms with van der Waals surface area (Å²) in [6, 6.07) is 58.2. The van der Waals surface area contributed by atoms with E-state index in [-0.39, 0.29) is 11.5 Å². The molecule has 0 bridgehead atoms. The quantitative estimate of drug-likeness (QED) is 0.0991. The van der Waals surface area contributed by atoms with E-state index in [1.54, 1.807) is 24.3 Å². The third-order valence-electron chi connectivity index (χ3n) is 10.4. The first-order valence-corrected chi connectivity index (χ1v) is 19.0. The molecule has 9 rings (SSSR count). The van der Waals surface area contributed by atoms with Gasteiger partial charge in [0, 0.05) is 34.4 Å². The highest BCUT2D eigenvalue weighted by atomic mass is 16.5. The molecule has 0 atom stereocenters. The van der Waals surface area contributed by atoms with Crippen LogP contribution >= 0.6 is 0 Å². The molecule has 0 aliphatic heterocycles. The molecular formula is C53H36N2O4. The molecule has 0 unspecified atom stereocenters. The highest BCUT2D eigenvalue weighted by Gasteiger charge is 2.46. The second kappa shape index (κ2) is 15.3. The van der Waals surface area contributed by atoms with Crippen LogP contribution in [0.25, 0.3) is 11.1 Å². The van der Waals surface area contributed by atoms with Crippen LogP contribution in [0.3, 0.4) is 0 Å². The standard InChI is InChI=1S/C53H36N2O4/c54-49-33-41(56)21-29-51(49)58-43-23-17-39(18-24-43)53(40-19-25-44(26-20-40)59-52-30-22-42(57)34-50(52)55)47-27-15-37(13-11-35-7-3-1-4-8-35)31-45(47)46-32-38(16-28-48(46)53)14-12-36-9-5-2-6-10-36/h1-10,15-34,56-57H,54-55H2. The van der Waals surface area contributed by atoms with Crippen molar-refractivity contribution in [3.05, 3.63) is 226 Å². The molecule has 0 spiro atoms. The largest absolute Gasteiger partial charge is 0.508 e. The average Bonchev–Trinajstić information content (AvgIpc) is 3.55. The van der Waals surface area contributed by atoms with Crippen molar-refractivity contribution in [1.82, 2.24) is 0 Å². The van der Waals surface area contributed by atoms with Crippen molar-refractivity contribution in [2.75, 3.05) is 11.5 Å². The normalized spacial score (nSPS) is 11.9. The lowest BCUT2D eigenvalue weighted by Gasteiger charge is -2.34. The lowest BCUT2D eigenvalue weighted by molar-refractivity contribution is 0.466. The molecule has 282 valence electrons. The number of anilines is 2. The van der Waals surface area contributed by atoms with Crippen molar-refractivity contribution >= 4 is 11.4 Å². The molecule has 0 fully saturated rings. The first-order chi connectivity index (χ1) is 28.8. The zero-order chi connectivity index (χ0) is 40.3. The van der Waals surface area contributed by atoms with Crippen molar-refractivity contribution in [2.45, 2.75) is 5.41 Å². The number of hydrogen-bond acceptors (Lipinski definition) is 6. The molecule has 6 heteroatoms. The van der Waals surface area contributed by atoms with Gasteiger partial charge in [0.05, 0.1) is 16.8 Å². The summed E-state index contributed by atoms with van der Waals surface area (Å²) >= 11 is 0. The van der Waals surface area contributed by atoms with Crippen molar-refractivity contribution in [2.24, 2.45) is 0 Å². The second-order valence-electron chi connectivity index (χ2n) is 14.2. The van der Waals surface area contributed by atoms with Crippen LogP contribution in [0.4, 0.5) is 11.4 Å². The summed E-state index contributed by atoms with van der Waals surface area (Å²) in [7, 11) is 0. The smallest absolute Gasteiger partial charge is 0.150 e. The van der Waals surface area contributed by atoms with Gasteiger partial charge in [-0.1, -0.05) is 96.5 Å². The Kier molecular flexibility index (Phi) is 9.43. The Labute approximate surface area is 342 Å². The third-order valence-corrected chi connectivity index (χ3v) is 10.4. The first-order valence-electron chi connectivity index (χ1n) is 19.0. The van der Waals surface area contributed by atoms with Gasteiger partial charge in [0.25, 0.3) is 0 Å². The molecule has 6 N–H and O–H groups in total. The van der Waals surface area contributed by atoms with Crippen LogP contribution in [0.5, 0.6) is 34.5 Å². The molecule has 1 aliphatic rings. The number of phenolic OH excluding ortho intramolecular Hbond substituents is 2. The van der Waals surface area contributed by atoms with Crippen LogP contribution in [0.1, 0.15) is 44.5 Å². The monoisotopic (exact) mass is 764 g/mol. The zero-order valence-corrected chi connectivity index (χ0v) is 31.7. The van der Waals surface area contributed by atoms with E-state index in [0.717, 1.165) is 55.6 Å². The van der Waals surface area contributed by atoms with Crippen molar-refractivity contribution < 1.29 is 19.7 Å². The summed E-state index contributed by atoms with van der Waals surface area (Å²) in [4.78, 5) is 0. The fourth-order valence-corrected chi connectivity index (χ4v) is 7.67. The highest BCUT2D eigenvalue weighted by molar-refractivity contribution is 5.88. The van der Waals surface area contributed by atoms with Crippen LogP contribution in [0.15, 0.2) is 182 Å². The van der Waals surface area contributed by atoms with Gasteiger partial charge in [0.15, 0.2) is 11.5 Å². The number of rotatable bonds is 6. The second-order valence-corrected chi connectivity index (χ2v) is 14.2. The number of fused-ring (bicyclic) bond motifs is 3. The van der Waals surface area contributed by atoms with Crippen LogP contribution in [-0.2, 0) is 5.41 Å². The van der Waals surface area contributed by atoms with Gasteiger partial charge < -0.3 is 31.2 Å². The van der Waals surface area contributed by atoms with E-state index in [4.69, 9.17) is 20.9 Å². The van der Waals surface area contributed by atoms with E-state index in [0.29, 0.717) is 34.4 Å². The summed E-state index contributed by atoms with van der Waals surface area (Å²) in [6.07, 6.45) is 0. The van der Waals surface area contributed by atoms with Gasteiger partial charge in [-0.3, -0.25) is 0 Å². The number of aromatic hydroxyl groups is 2. The Morgan fingerprint density at radius 2 is 0.780 bits per heavy atom. The zero-order valence-electron chi connectivity index (χ0n) is 31.7. The lowest BCUT2D eigenvalue weighted by Crippen LogP contribution is -2.28. The maximum atomic E-state index is 9.90. The molecule has 0 amide bonds. The van der Waals surface area contributed by atoms with Crippen LogP contribution in [0, 0.1) is 23.7 Å². The van der Waals surface area contributed by atoms with E-state index in [9.17, 15) is 10.2 Å². The van der Waals surface area contributed by atoms with E-state index in [1.807, 2.05) is 84.9 Å². The average molecular weight is 765 g/mol. The molecule has 59 heavy (non-hydrogen) atoms. The minimum Gasteiger partial charge on any atom is -0.508 e. The lowest BCUT2D eigenvalue weighted by atomic mass is 9.67. The summed E-state index contributed by atoms with van der Waals surface area (Å²) in [5.41, 5.74) is 22.2. The van der Waals surface area contributed by atoms with Crippen molar-refractivity contribution in [1.29, 1.82) is 0 Å². The van der Waals surface area contributed by atoms with Crippen LogP contribution in [-0.4, -0.2) is 10.2 Å². The molecule has 6 nitrogen and oxygen atoms in total. The number of phenols is 2. The van der Waals surface area contributed by atoms with Crippen molar-refractivity contribution in [3.8, 4) is 69.3 Å². The summed E-state index contributed by atoms with van der Waals surface area (Å²) < 4.78 is 12.4. The predicted octanol–water partition coefficient (Wildman–Crippen LogP) is 11.0. The highest BCUT2D eigenvalue weighted by Crippen LogP contribution is 2.57. The summed E-state index contributed by atoms with van der Waals surface area (Å²) in [5.74, 6) is 15.7. The molecule has 8 aromatic rings. The van der Waals surface area contributed by atoms with Gasteiger partial charge in [0.2, 0.25) is 0 Å². The van der Waals surface area contributed by atoms with Gasteiger partial charge in [-0.2, -0.15) is 0 Å². The predicted molar refractivity (Wildman–Crippen MR) is 234 cm³/mol. The molecule has 0 heterocycles. The topological polar surface area (TPSA) is 111 Å². The summed E-state index contributed by atoms with van der Waals surface area (Å²) in [5, 5.41) is 19.8. The Balaban J connectivity index is 1.22. The fourth-order valence-electron chi connectivity index (χ4n) is 7.67. The maximum absolute atomic E-state index is 9.90. The maximum Gasteiger partial charge on any atom is 0.150 e. The Morgan fingerprint density at radius 3 is 1.17 bits per heavy atom. The number of benzene rings is 8. The Morgan fingerprint density at radius 1 is 0.390 bits per heavy atom. The molecule has 1 aliphatic carbocycles. The van der Waals surface area contributed by atoms with E-state index >= 15 is 0 Å². The minimum absolute atomic E-state index is 0.0667. The van der Waals surface area contributed by atoms with Crippen LogP contribution in [0.2, 0.25) is 0 Å². The van der Waals surface area contributed by atoms with Gasteiger partial charge in [-0.25, -0.2) is 0 Å². The van der Waals surface area contributed by atoms with E-state index < -0.39 is 5.41 Å². The molecule has 0 radical (unpaired) electrons. The number of nitrogens with two attached hydrogens (primary N) is 2. The SMILES string of the molecule is Nc1cc(O)ccc1Oc1ccc(C2(c3ccc(Oc4ccc(O)cc4N)cc3)c3ccc(C#Cc4ccccc4)cc3-c3cc(C#Cc4ccccc4)ccc32)cc1. The molecular weight excluding hydrogens is 729 g/mol. The molecule has 0 aromatic heterocycles. The minimum atomic E-state index is -0.784. The van der Waals surface area contributed by atoms with Gasteiger partial charge in [0.1, 0.15) is 23.0 Å².